The quantitative estimate of drug-likeness (QED) is 0.193. The van der Waals surface area contributed by atoms with Crippen LogP contribution >= 0.6 is 0 Å². The van der Waals surface area contributed by atoms with Crippen molar-refractivity contribution in [3.8, 4) is 5.75 Å². The van der Waals surface area contributed by atoms with Crippen molar-refractivity contribution in [1.82, 2.24) is 0 Å². The molecular formula is C13H14FN3O4. The summed E-state index contributed by atoms with van der Waals surface area (Å²) in [5.41, 5.74) is 8.56. The van der Waals surface area contributed by atoms with Crippen molar-refractivity contribution in [1.29, 1.82) is 0 Å². The smallest absolute Gasteiger partial charge is 0.340 e. The molecule has 7 nitrogen and oxygen atoms in total. The standard InChI is InChI=1S/C13H14FN3O4/c1-19-5-6-21-12-8-10(14)4-3-9(12)7-11(16-17-15)13(18)20-2/h3-4,7-8H,5-6H2,1-2H3/b11-7-. The van der Waals surface area contributed by atoms with Crippen molar-refractivity contribution >= 4 is 12.0 Å². The number of halogens is 1. The predicted molar refractivity (Wildman–Crippen MR) is 72.9 cm³/mol. The summed E-state index contributed by atoms with van der Waals surface area (Å²) in [6, 6.07) is 3.75. The van der Waals surface area contributed by atoms with Crippen LogP contribution in [0.3, 0.4) is 0 Å². The van der Waals surface area contributed by atoms with Crippen molar-refractivity contribution in [3.05, 3.63) is 45.7 Å². The lowest BCUT2D eigenvalue weighted by atomic mass is 10.1. The lowest BCUT2D eigenvalue weighted by Crippen LogP contribution is -2.06. The van der Waals surface area contributed by atoms with E-state index in [9.17, 15) is 9.18 Å². The van der Waals surface area contributed by atoms with Crippen LogP contribution in [-0.2, 0) is 14.3 Å². The van der Waals surface area contributed by atoms with E-state index in [4.69, 9.17) is 15.0 Å². The highest BCUT2D eigenvalue weighted by atomic mass is 19.1. The topological polar surface area (TPSA) is 93.5 Å². The second kappa shape index (κ2) is 8.57. The average molecular weight is 295 g/mol. The second-order valence-corrected chi connectivity index (χ2v) is 3.73. The molecule has 0 atom stereocenters. The maximum absolute atomic E-state index is 13.3. The molecule has 0 amide bonds. The summed E-state index contributed by atoms with van der Waals surface area (Å²) in [4.78, 5) is 14.0. The van der Waals surface area contributed by atoms with Crippen LogP contribution in [-0.4, -0.2) is 33.4 Å². The van der Waals surface area contributed by atoms with Gasteiger partial charge in [-0.2, -0.15) is 0 Å². The van der Waals surface area contributed by atoms with Gasteiger partial charge in [-0.25, -0.2) is 9.18 Å². The second-order valence-electron chi connectivity index (χ2n) is 3.73. The van der Waals surface area contributed by atoms with Crippen LogP contribution in [0.4, 0.5) is 4.39 Å². The fraction of sp³-hybridized carbons (Fsp3) is 0.308. The first-order valence-electron chi connectivity index (χ1n) is 5.88. The molecule has 0 saturated carbocycles. The highest BCUT2D eigenvalue weighted by molar-refractivity contribution is 5.93. The van der Waals surface area contributed by atoms with E-state index < -0.39 is 11.8 Å². The van der Waals surface area contributed by atoms with Gasteiger partial charge in [-0.05, 0) is 23.7 Å². The Morgan fingerprint density at radius 2 is 2.19 bits per heavy atom. The number of benzene rings is 1. The van der Waals surface area contributed by atoms with Crippen molar-refractivity contribution in [2.75, 3.05) is 27.4 Å². The molecule has 112 valence electrons. The Balaban J connectivity index is 3.14. The number of nitrogens with zero attached hydrogens (tertiary/aromatic N) is 3. The first kappa shape index (κ1) is 16.5. The van der Waals surface area contributed by atoms with E-state index in [1.54, 1.807) is 0 Å². The molecule has 0 spiro atoms. The van der Waals surface area contributed by atoms with Crippen LogP contribution in [0.15, 0.2) is 29.0 Å². The molecule has 8 heteroatoms. The number of methoxy groups -OCH3 is 2. The van der Waals surface area contributed by atoms with E-state index in [0.29, 0.717) is 12.2 Å². The SMILES string of the molecule is COCCOc1cc(F)ccc1/C=C(\N=[N+]=[N-])C(=O)OC. The van der Waals surface area contributed by atoms with E-state index >= 15 is 0 Å². The van der Waals surface area contributed by atoms with Crippen molar-refractivity contribution < 1.29 is 23.4 Å². The molecule has 0 radical (unpaired) electrons. The molecule has 0 fully saturated rings. The van der Waals surface area contributed by atoms with Gasteiger partial charge in [-0.3, -0.25) is 0 Å². The third-order valence-electron chi connectivity index (χ3n) is 2.36. The zero-order valence-electron chi connectivity index (χ0n) is 11.6. The van der Waals surface area contributed by atoms with Crippen LogP contribution in [0.25, 0.3) is 16.5 Å². The van der Waals surface area contributed by atoms with E-state index in [-0.39, 0.29) is 18.1 Å². The molecule has 0 unspecified atom stereocenters. The summed E-state index contributed by atoms with van der Waals surface area (Å²) >= 11 is 0. The Bertz CT molecular complexity index is 583. The third-order valence-corrected chi connectivity index (χ3v) is 2.36. The Morgan fingerprint density at radius 1 is 1.43 bits per heavy atom. The molecule has 1 rings (SSSR count). The lowest BCUT2D eigenvalue weighted by Gasteiger charge is -2.09. The summed E-state index contributed by atoms with van der Waals surface area (Å²) < 4.78 is 27.9. The summed E-state index contributed by atoms with van der Waals surface area (Å²) in [5, 5.41) is 3.24. The predicted octanol–water partition coefficient (Wildman–Crippen LogP) is 2.68. The summed E-state index contributed by atoms with van der Waals surface area (Å²) in [5.74, 6) is -1.11. The molecule has 0 heterocycles. The minimum Gasteiger partial charge on any atom is -0.490 e. The highest BCUT2D eigenvalue weighted by Crippen LogP contribution is 2.23. The van der Waals surface area contributed by atoms with Gasteiger partial charge in [-0.1, -0.05) is 5.11 Å². The van der Waals surface area contributed by atoms with Gasteiger partial charge in [0.2, 0.25) is 0 Å². The van der Waals surface area contributed by atoms with Gasteiger partial charge in [-0.15, -0.1) is 0 Å². The van der Waals surface area contributed by atoms with Gasteiger partial charge in [0.15, 0.2) is 0 Å². The minimum absolute atomic E-state index is 0.196. The van der Waals surface area contributed by atoms with Crippen LogP contribution < -0.4 is 4.74 Å². The van der Waals surface area contributed by atoms with Crippen molar-refractivity contribution in [2.24, 2.45) is 5.11 Å². The van der Waals surface area contributed by atoms with Gasteiger partial charge in [0.25, 0.3) is 0 Å². The largest absolute Gasteiger partial charge is 0.490 e. The van der Waals surface area contributed by atoms with E-state index in [1.165, 1.54) is 25.3 Å². The number of hydrogen-bond acceptors (Lipinski definition) is 5. The number of hydrogen-bond donors (Lipinski definition) is 0. The number of ether oxygens (including phenoxy) is 3. The molecule has 0 saturated heterocycles. The van der Waals surface area contributed by atoms with Gasteiger partial charge >= 0.3 is 5.97 Å². The summed E-state index contributed by atoms with van der Waals surface area (Å²) in [6.45, 7) is 0.524. The van der Waals surface area contributed by atoms with E-state index in [1.807, 2.05) is 0 Å². The van der Waals surface area contributed by atoms with Crippen molar-refractivity contribution in [3.63, 3.8) is 0 Å². The Kier molecular flexibility index (Phi) is 6.73. The molecule has 0 aromatic heterocycles. The lowest BCUT2D eigenvalue weighted by molar-refractivity contribution is -0.136. The maximum Gasteiger partial charge on any atom is 0.340 e. The third kappa shape index (κ3) is 5.13. The van der Waals surface area contributed by atoms with Crippen LogP contribution in [0.5, 0.6) is 5.75 Å². The summed E-state index contributed by atoms with van der Waals surface area (Å²) in [7, 11) is 2.66. The van der Waals surface area contributed by atoms with Crippen LogP contribution in [0.2, 0.25) is 0 Å². The zero-order chi connectivity index (χ0) is 15.7. The van der Waals surface area contributed by atoms with Crippen LogP contribution in [0, 0.1) is 5.82 Å². The monoisotopic (exact) mass is 295 g/mol. The minimum atomic E-state index is -0.806. The number of rotatable bonds is 7. The summed E-state index contributed by atoms with van der Waals surface area (Å²) in [6.07, 6.45) is 1.26. The number of carbonyl (C=O) groups is 1. The van der Waals surface area contributed by atoms with E-state index in [2.05, 4.69) is 14.8 Å². The number of carbonyl (C=O) groups excluding carboxylic acids is 1. The Hall–Kier alpha value is -2.57. The number of azide groups is 1. The van der Waals surface area contributed by atoms with Crippen molar-refractivity contribution in [2.45, 2.75) is 0 Å². The highest BCUT2D eigenvalue weighted by Gasteiger charge is 2.10. The zero-order valence-corrected chi connectivity index (χ0v) is 11.6. The fourth-order valence-corrected chi connectivity index (χ4v) is 1.42. The molecule has 21 heavy (non-hydrogen) atoms. The fourth-order valence-electron chi connectivity index (χ4n) is 1.42. The van der Waals surface area contributed by atoms with Gasteiger partial charge in [0.1, 0.15) is 23.9 Å². The molecule has 1 aromatic rings. The number of esters is 1. The van der Waals surface area contributed by atoms with Gasteiger partial charge in [0.05, 0.1) is 13.7 Å². The molecule has 0 aliphatic heterocycles. The Morgan fingerprint density at radius 3 is 2.81 bits per heavy atom. The molecule has 1 aromatic carbocycles. The Labute approximate surface area is 120 Å². The molecule has 0 aliphatic carbocycles. The normalized spacial score (nSPS) is 10.7. The molecule has 0 aliphatic rings. The van der Waals surface area contributed by atoms with Crippen LogP contribution in [0.1, 0.15) is 5.56 Å². The van der Waals surface area contributed by atoms with Gasteiger partial charge in [0, 0.05) is 23.7 Å². The van der Waals surface area contributed by atoms with E-state index in [0.717, 1.165) is 13.2 Å². The molecule has 0 bridgehead atoms. The maximum atomic E-state index is 13.3. The average Bonchev–Trinajstić information content (AvgIpc) is 2.48. The van der Waals surface area contributed by atoms with Gasteiger partial charge < -0.3 is 14.2 Å². The first-order valence-corrected chi connectivity index (χ1v) is 5.88. The first-order chi connectivity index (χ1) is 10.1. The molecular weight excluding hydrogens is 281 g/mol. The molecule has 0 N–H and O–H groups in total.